The van der Waals surface area contributed by atoms with Crippen LogP contribution in [0, 0.1) is 0 Å². The third-order valence-corrected chi connectivity index (χ3v) is 1.77. The largest absolute Gasteiger partial charge is 0.397 e. The third kappa shape index (κ3) is 2.52. The van der Waals surface area contributed by atoms with Crippen LogP contribution >= 0.6 is 0 Å². The van der Waals surface area contributed by atoms with Crippen molar-refractivity contribution in [3.63, 3.8) is 0 Å². The van der Waals surface area contributed by atoms with Crippen molar-refractivity contribution in [1.82, 2.24) is 0 Å². The van der Waals surface area contributed by atoms with Crippen LogP contribution in [-0.2, 0) is 0 Å². The van der Waals surface area contributed by atoms with Crippen LogP contribution in [0.3, 0.4) is 0 Å². The second-order valence-electron chi connectivity index (χ2n) is 3.07. The van der Waals surface area contributed by atoms with Crippen LogP contribution < -0.4 is 16.8 Å². The highest BCUT2D eigenvalue weighted by molar-refractivity contribution is 5.69. The van der Waals surface area contributed by atoms with E-state index in [1.165, 1.54) is 0 Å². The summed E-state index contributed by atoms with van der Waals surface area (Å²) in [4.78, 5) is 0. The van der Waals surface area contributed by atoms with Gasteiger partial charge in [0, 0.05) is 11.7 Å². The summed E-state index contributed by atoms with van der Waals surface area (Å²) in [6.45, 7) is 1.97. The first-order valence-electron chi connectivity index (χ1n) is 4.16. The molecule has 1 aromatic carbocycles. The lowest BCUT2D eigenvalue weighted by molar-refractivity contribution is 0.281. The maximum atomic E-state index is 8.80. The topological polar surface area (TPSA) is 84.3 Å². The molecule has 0 bridgehead atoms. The molecule has 1 aromatic rings. The van der Waals surface area contributed by atoms with Crippen molar-refractivity contribution in [2.75, 3.05) is 23.4 Å². The summed E-state index contributed by atoms with van der Waals surface area (Å²) in [7, 11) is 0. The molecule has 6 N–H and O–H groups in total. The molecule has 0 spiro atoms. The maximum Gasteiger partial charge on any atom is 0.0630 e. The molecular weight excluding hydrogens is 166 g/mol. The zero-order valence-electron chi connectivity index (χ0n) is 7.62. The Labute approximate surface area is 77.6 Å². The van der Waals surface area contributed by atoms with Crippen LogP contribution in [0.25, 0.3) is 0 Å². The van der Waals surface area contributed by atoms with Gasteiger partial charge >= 0.3 is 0 Å². The number of benzene rings is 1. The molecule has 1 rings (SSSR count). The molecule has 72 valence electrons. The summed E-state index contributed by atoms with van der Waals surface area (Å²) in [6.07, 6.45) is 0. The SMILES string of the molecule is CC(CO)Nc1ccc(N)c(N)c1. The standard InChI is InChI=1S/C9H15N3O/c1-6(5-13)12-7-2-3-8(10)9(11)4-7/h2-4,6,12-13H,5,10-11H2,1H3. The lowest BCUT2D eigenvalue weighted by atomic mass is 10.2. The fourth-order valence-corrected chi connectivity index (χ4v) is 0.995. The first kappa shape index (κ1) is 9.67. The highest BCUT2D eigenvalue weighted by atomic mass is 16.3. The Kier molecular flexibility index (Phi) is 2.97. The zero-order chi connectivity index (χ0) is 9.84. The number of rotatable bonds is 3. The molecule has 4 nitrogen and oxygen atoms in total. The second-order valence-corrected chi connectivity index (χ2v) is 3.07. The van der Waals surface area contributed by atoms with Gasteiger partial charge in [-0.2, -0.15) is 0 Å². The molecule has 0 heterocycles. The van der Waals surface area contributed by atoms with Gasteiger partial charge in [-0.3, -0.25) is 0 Å². The minimum atomic E-state index is 0.0167. The van der Waals surface area contributed by atoms with Crippen molar-refractivity contribution in [3.05, 3.63) is 18.2 Å². The Morgan fingerprint density at radius 2 is 2.08 bits per heavy atom. The van der Waals surface area contributed by atoms with E-state index >= 15 is 0 Å². The van der Waals surface area contributed by atoms with Crippen LogP contribution in [0.2, 0.25) is 0 Å². The number of aliphatic hydroxyl groups excluding tert-OH is 1. The van der Waals surface area contributed by atoms with E-state index in [1.807, 2.05) is 13.0 Å². The van der Waals surface area contributed by atoms with Gasteiger partial charge in [0.25, 0.3) is 0 Å². The minimum Gasteiger partial charge on any atom is -0.397 e. The van der Waals surface area contributed by atoms with E-state index in [9.17, 15) is 0 Å². The molecule has 0 fully saturated rings. The van der Waals surface area contributed by atoms with Crippen molar-refractivity contribution in [2.45, 2.75) is 13.0 Å². The van der Waals surface area contributed by atoms with Gasteiger partial charge < -0.3 is 21.9 Å². The molecule has 0 saturated carbocycles. The van der Waals surface area contributed by atoms with Gasteiger partial charge in [0.1, 0.15) is 0 Å². The van der Waals surface area contributed by atoms with Crippen molar-refractivity contribution in [2.24, 2.45) is 0 Å². The first-order chi connectivity index (χ1) is 6.13. The molecule has 0 radical (unpaired) electrons. The van der Waals surface area contributed by atoms with Crippen molar-refractivity contribution < 1.29 is 5.11 Å². The quantitative estimate of drug-likeness (QED) is 0.516. The molecule has 1 atom stereocenters. The van der Waals surface area contributed by atoms with E-state index in [4.69, 9.17) is 16.6 Å². The number of hydrogen-bond acceptors (Lipinski definition) is 4. The van der Waals surface area contributed by atoms with Crippen molar-refractivity contribution in [1.29, 1.82) is 0 Å². The van der Waals surface area contributed by atoms with Gasteiger partial charge in [-0.15, -0.1) is 0 Å². The highest BCUT2D eigenvalue weighted by Gasteiger charge is 2.00. The van der Waals surface area contributed by atoms with E-state index < -0.39 is 0 Å². The lowest BCUT2D eigenvalue weighted by Gasteiger charge is -2.13. The Balaban J connectivity index is 2.73. The summed E-state index contributed by atoms with van der Waals surface area (Å²) in [6, 6.07) is 5.34. The van der Waals surface area contributed by atoms with Gasteiger partial charge in [-0.05, 0) is 25.1 Å². The number of hydrogen-bond donors (Lipinski definition) is 4. The number of nitrogen functional groups attached to an aromatic ring is 2. The molecular formula is C9H15N3O. The number of nitrogens with two attached hydrogens (primary N) is 2. The van der Waals surface area contributed by atoms with Crippen LogP contribution in [0.1, 0.15) is 6.92 Å². The van der Waals surface area contributed by atoms with E-state index in [0.717, 1.165) is 5.69 Å². The smallest absolute Gasteiger partial charge is 0.0630 e. The normalized spacial score (nSPS) is 12.5. The molecule has 0 aromatic heterocycles. The van der Waals surface area contributed by atoms with Crippen LogP contribution in [0.4, 0.5) is 17.1 Å². The fraction of sp³-hybridized carbons (Fsp3) is 0.333. The van der Waals surface area contributed by atoms with Gasteiger partial charge in [-0.1, -0.05) is 0 Å². The predicted molar refractivity (Wildman–Crippen MR) is 55.4 cm³/mol. The van der Waals surface area contributed by atoms with E-state index in [2.05, 4.69) is 5.32 Å². The van der Waals surface area contributed by atoms with Crippen LogP contribution in [0.5, 0.6) is 0 Å². The monoisotopic (exact) mass is 181 g/mol. The molecule has 4 heteroatoms. The second kappa shape index (κ2) is 4.00. The van der Waals surface area contributed by atoms with Crippen molar-refractivity contribution >= 4 is 17.1 Å². The number of anilines is 3. The summed E-state index contributed by atoms with van der Waals surface area (Å²) in [5.74, 6) is 0. The Morgan fingerprint density at radius 3 is 2.62 bits per heavy atom. The Hall–Kier alpha value is -1.42. The molecule has 0 aliphatic heterocycles. The van der Waals surface area contributed by atoms with E-state index in [0.29, 0.717) is 11.4 Å². The molecule has 0 amide bonds. The fourth-order valence-electron chi connectivity index (χ4n) is 0.995. The summed E-state index contributed by atoms with van der Waals surface area (Å²) in [5.41, 5.74) is 13.2. The molecule has 13 heavy (non-hydrogen) atoms. The van der Waals surface area contributed by atoms with Gasteiger partial charge in [0.2, 0.25) is 0 Å². The van der Waals surface area contributed by atoms with Gasteiger partial charge in [0.05, 0.1) is 18.0 Å². The summed E-state index contributed by atoms with van der Waals surface area (Å²) in [5, 5.41) is 11.9. The molecule has 0 aliphatic carbocycles. The lowest BCUT2D eigenvalue weighted by Crippen LogP contribution is -2.19. The van der Waals surface area contributed by atoms with Gasteiger partial charge in [-0.25, -0.2) is 0 Å². The van der Waals surface area contributed by atoms with E-state index in [1.54, 1.807) is 12.1 Å². The maximum absolute atomic E-state index is 8.80. The third-order valence-electron chi connectivity index (χ3n) is 1.77. The Morgan fingerprint density at radius 1 is 1.38 bits per heavy atom. The number of aliphatic hydroxyl groups is 1. The Bertz CT molecular complexity index is 288. The molecule has 1 unspecified atom stereocenters. The van der Waals surface area contributed by atoms with Crippen LogP contribution in [0.15, 0.2) is 18.2 Å². The average molecular weight is 181 g/mol. The molecule has 0 saturated heterocycles. The predicted octanol–water partition coefficient (Wildman–Crippen LogP) is 0.644. The minimum absolute atomic E-state index is 0.0167. The highest BCUT2D eigenvalue weighted by Crippen LogP contribution is 2.19. The van der Waals surface area contributed by atoms with Crippen molar-refractivity contribution in [3.8, 4) is 0 Å². The number of nitrogens with one attached hydrogen (secondary N) is 1. The first-order valence-corrected chi connectivity index (χ1v) is 4.16. The van der Waals surface area contributed by atoms with E-state index in [-0.39, 0.29) is 12.6 Å². The van der Waals surface area contributed by atoms with Gasteiger partial charge in [0.15, 0.2) is 0 Å². The summed E-state index contributed by atoms with van der Waals surface area (Å²) >= 11 is 0. The molecule has 0 aliphatic rings. The summed E-state index contributed by atoms with van der Waals surface area (Å²) < 4.78 is 0. The van der Waals surface area contributed by atoms with Crippen LogP contribution in [-0.4, -0.2) is 17.8 Å². The zero-order valence-corrected chi connectivity index (χ0v) is 7.62. The average Bonchev–Trinajstić information content (AvgIpc) is 2.11.